The molecular weight excluding hydrogens is 224 g/mol. The minimum atomic E-state index is -2.87. The Hall–Kier alpha value is -1.03. The van der Waals surface area contributed by atoms with Crippen molar-refractivity contribution in [3.8, 4) is 5.75 Å². The summed E-state index contributed by atoms with van der Waals surface area (Å²) in [6, 6.07) is 7.83. The SMILES string of the molecule is CCc1ccccc1OCCCS(C)(=O)=O. The van der Waals surface area contributed by atoms with Crippen LogP contribution in [0.1, 0.15) is 18.9 Å². The van der Waals surface area contributed by atoms with Crippen molar-refractivity contribution in [2.24, 2.45) is 0 Å². The second-order valence-corrected chi connectivity index (χ2v) is 6.05. The van der Waals surface area contributed by atoms with E-state index in [1.54, 1.807) is 0 Å². The molecule has 0 aliphatic rings. The normalized spacial score (nSPS) is 11.4. The van der Waals surface area contributed by atoms with Gasteiger partial charge in [-0.15, -0.1) is 0 Å². The molecule has 0 radical (unpaired) electrons. The molecule has 4 heteroatoms. The van der Waals surface area contributed by atoms with Crippen molar-refractivity contribution in [3.05, 3.63) is 29.8 Å². The molecule has 16 heavy (non-hydrogen) atoms. The van der Waals surface area contributed by atoms with Crippen LogP contribution in [0.3, 0.4) is 0 Å². The molecule has 0 fully saturated rings. The highest BCUT2D eigenvalue weighted by molar-refractivity contribution is 7.90. The van der Waals surface area contributed by atoms with Gasteiger partial charge in [-0.2, -0.15) is 0 Å². The molecule has 3 nitrogen and oxygen atoms in total. The van der Waals surface area contributed by atoms with Gasteiger partial charge in [-0.1, -0.05) is 25.1 Å². The number of sulfone groups is 1. The van der Waals surface area contributed by atoms with E-state index in [2.05, 4.69) is 6.92 Å². The van der Waals surface area contributed by atoms with Crippen LogP contribution in [0.5, 0.6) is 5.75 Å². The summed E-state index contributed by atoms with van der Waals surface area (Å²) in [5, 5.41) is 0. The quantitative estimate of drug-likeness (QED) is 0.717. The van der Waals surface area contributed by atoms with E-state index < -0.39 is 9.84 Å². The first-order chi connectivity index (χ1) is 7.53. The maximum Gasteiger partial charge on any atom is 0.147 e. The van der Waals surface area contributed by atoms with Crippen molar-refractivity contribution in [2.45, 2.75) is 19.8 Å². The lowest BCUT2D eigenvalue weighted by atomic mass is 10.1. The number of ether oxygens (including phenoxy) is 1. The highest BCUT2D eigenvalue weighted by Gasteiger charge is 2.03. The van der Waals surface area contributed by atoms with E-state index in [4.69, 9.17) is 4.74 Å². The smallest absolute Gasteiger partial charge is 0.147 e. The van der Waals surface area contributed by atoms with E-state index in [9.17, 15) is 8.42 Å². The number of hydrogen-bond acceptors (Lipinski definition) is 3. The van der Waals surface area contributed by atoms with Crippen LogP contribution in [0.25, 0.3) is 0 Å². The van der Waals surface area contributed by atoms with Crippen LogP contribution < -0.4 is 4.74 Å². The molecule has 1 aromatic rings. The topological polar surface area (TPSA) is 43.4 Å². The van der Waals surface area contributed by atoms with Crippen LogP contribution in [0.2, 0.25) is 0 Å². The van der Waals surface area contributed by atoms with Gasteiger partial charge < -0.3 is 4.74 Å². The van der Waals surface area contributed by atoms with E-state index in [-0.39, 0.29) is 5.75 Å². The lowest BCUT2D eigenvalue weighted by molar-refractivity contribution is 0.314. The van der Waals surface area contributed by atoms with Gasteiger partial charge in [0.1, 0.15) is 15.6 Å². The fraction of sp³-hybridized carbons (Fsp3) is 0.500. The maximum absolute atomic E-state index is 10.9. The second-order valence-electron chi connectivity index (χ2n) is 3.79. The number of hydrogen-bond donors (Lipinski definition) is 0. The summed E-state index contributed by atoms with van der Waals surface area (Å²) in [6.45, 7) is 2.52. The van der Waals surface area contributed by atoms with Crippen LogP contribution in [-0.2, 0) is 16.3 Å². The summed E-state index contributed by atoms with van der Waals surface area (Å²) >= 11 is 0. The van der Waals surface area contributed by atoms with Crippen LogP contribution in [0, 0.1) is 0 Å². The molecule has 0 heterocycles. The highest BCUT2D eigenvalue weighted by atomic mass is 32.2. The van der Waals surface area contributed by atoms with E-state index >= 15 is 0 Å². The molecule has 0 N–H and O–H groups in total. The third-order valence-electron chi connectivity index (χ3n) is 2.27. The first kappa shape index (κ1) is 13.0. The lowest BCUT2D eigenvalue weighted by Gasteiger charge is -2.09. The van der Waals surface area contributed by atoms with Crippen LogP contribution in [0.4, 0.5) is 0 Å². The Bertz CT molecular complexity index is 424. The van der Waals surface area contributed by atoms with Crippen LogP contribution in [-0.4, -0.2) is 27.0 Å². The Morgan fingerprint density at radius 2 is 1.94 bits per heavy atom. The molecule has 0 spiro atoms. The van der Waals surface area contributed by atoms with Crippen LogP contribution >= 0.6 is 0 Å². The minimum absolute atomic E-state index is 0.182. The van der Waals surface area contributed by atoms with E-state index in [0.29, 0.717) is 13.0 Å². The third-order valence-corrected chi connectivity index (χ3v) is 3.30. The maximum atomic E-state index is 10.9. The van der Waals surface area contributed by atoms with E-state index in [0.717, 1.165) is 17.7 Å². The first-order valence-corrected chi connectivity index (χ1v) is 7.47. The zero-order valence-corrected chi connectivity index (χ0v) is 10.6. The van der Waals surface area contributed by atoms with Crippen molar-refractivity contribution in [3.63, 3.8) is 0 Å². The molecule has 0 aliphatic carbocycles. The van der Waals surface area contributed by atoms with Crippen molar-refractivity contribution < 1.29 is 13.2 Å². The summed E-state index contributed by atoms with van der Waals surface area (Å²) in [7, 11) is -2.87. The fourth-order valence-corrected chi connectivity index (χ4v) is 2.08. The molecule has 90 valence electrons. The van der Waals surface area contributed by atoms with Gasteiger partial charge in [0.05, 0.1) is 12.4 Å². The molecule has 0 aliphatic heterocycles. The van der Waals surface area contributed by atoms with Gasteiger partial charge in [-0.25, -0.2) is 8.42 Å². The molecule has 0 saturated heterocycles. The van der Waals surface area contributed by atoms with E-state index in [1.165, 1.54) is 6.26 Å². The molecule has 1 rings (SSSR count). The summed E-state index contributed by atoms with van der Waals surface area (Å²) in [6.07, 6.45) is 2.70. The molecule has 0 atom stereocenters. The Morgan fingerprint density at radius 1 is 1.25 bits per heavy atom. The van der Waals surface area contributed by atoms with Gasteiger partial charge >= 0.3 is 0 Å². The van der Waals surface area contributed by atoms with Crippen molar-refractivity contribution in [1.29, 1.82) is 0 Å². The van der Waals surface area contributed by atoms with Gasteiger partial charge in [-0.05, 0) is 24.5 Å². The Balaban J connectivity index is 2.43. The largest absolute Gasteiger partial charge is 0.493 e. The number of aryl methyl sites for hydroxylation is 1. The van der Waals surface area contributed by atoms with Gasteiger partial charge in [0, 0.05) is 6.26 Å². The third kappa shape index (κ3) is 4.66. The zero-order valence-electron chi connectivity index (χ0n) is 9.77. The average molecular weight is 242 g/mol. The van der Waals surface area contributed by atoms with Gasteiger partial charge in [0.25, 0.3) is 0 Å². The zero-order chi connectivity index (χ0) is 12.0. The molecule has 0 amide bonds. The Labute approximate surface area is 97.4 Å². The predicted octanol–water partition coefficient (Wildman–Crippen LogP) is 2.06. The number of para-hydroxylation sites is 1. The molecule has 0 unspecified atom stereocenters. The standard InChI is InChI=1S/C12H18O3S/c1-3-11-7-4-5-8-12(11)15-9-6-10-16(2,13)14/h4-5,7-8H,3,6,9-10H2,1-2H3. The van der Waals surface area contributed by atoms with E-state index in [1.807, 2.05) is 24.3 Å². The highest BCUT2D eigenvalue weighted by Crippen LogP contribution is 2.18. The summed E-state index contributed by atoms with van der Waals surface area (Å²) in [4.78, 5) is 0. The molecule has 1 aromatic carbocycles. The van der Waals surface area contributed by atoms with Crippen molar-refractivity contribution in [1.82, 2.24) is 0 Å². The van der Waals surface area contributed by atoms with Crippen LogP contribution in [0.15, 0.2) is 24.3 Å². The first-order valence-electron chi connectivity index (χ1n) is 5.41. The molecule has 0 bridgehead atoms. The predicted molar refractivity (Wildman–Crippen MR) is 65.6 cm³/mol. The summed E-state index contributed by atoms with van der Waals surface area (Å²) in [5.74, 6) is 1.04. The summed E-state index contributed by atoms with van der Waals surface area (Å²) in [5.41, 5.74) is 1.15. The Morgan fingerprint density at radius 3 is 2.56 bits per heavy atom. The Kier molecular flexibility index (Phi) is 4.80. The van der Waals surface area contributed by atoms with Gasteiger partial charge in [0.2, 0.25) is 0 Å². The number of rotatable bonds is 6. The molecule has 0 saturated carbocycles. The lowest BCUT2D eigenvalue weighted by Crippen LogP contribution is -2.08. The monoisotopic (exact) mass is 242 g/mol. The second kappa shape index (κ2) is 5.89. The van der Waals surface area contributed by atoms with Gasteiger partial charge in [0.15, 0.2) is 0 Å². The fourth-order valence-electron chi connectivity index (χ4n) is 1.44. The number of benzene rings is 1. The minimum Gasteiger partial charge on any atom is -0.493 e. The summed E-state index contributed by atoms with van der Waals surface area (Å²) < 4.78 is 27.4. The van der Waals surface area contributed by atoms with Crippen molar-refractivity contribution >= 4 is 9.84 Å². The van der Waals surface area contributed by atoms with Gasteiger partial charge in [-0.3, -0.25) is 0 Å². The molecular formula is C12H18O3S. The van der Waals surface area contributed by atoms with Crippen molar-refractivity contribution in [2.75, 3.05) is 18.6 Å². The average Bonchev–Trinajstić information content (AvgIpc) is 2.23. The molecule has 0 aromatic heterocycles.